The average Bonchev–Trinajstić information content (AvgIpc) is 2.60. The molecule has 1 fully saturated rings. The van der Waals surface area contributed by atoms with Gasteiger partial charge in [-0.15, -0.1) is 0 Å². The summed E-state index contributed by atoms with van der Waals surface area (Å²) in [5.74, 6) is 0. The van der Waals surface area contributed by atoms with Gasteiger partial charge >= 0.3 is 0 Å². The zero-order chi connectivity index (χ0) is 18.1. The van der Waals surface area contributed by atoms with Gasteiger partial charge in [0, 0.05) is 22.7 Å². The number of H-pyrrole nitrogens is 1. The summed E-state index contributed by atoms with van der Waals surface area (Å²) in [4.78, 5) is 25.4. The molecule has 0 aliphatic carbocycles. The molecule has 1 saturated heterocycles. The van der Waals surface area contributed by atoms with Gasteiger partial charge in [0.2, 0.25) is 5.56 Å². The molecular weight excluding hydrogens is 328 g/mol. The van der Waals surface area contributed by atoms with Crippen molar-refractivity contribution in [2.45, 2.75) is 37.4 Å². The van der Waals surface area contributed by atoms with Gasteiger partial charge in [-0.3, -0.25) is 9.59 Å². The third-order valence-corrected chi connectivity index (χ3v) is 4.51. The predicted octanol–water partition coefficient (Wildman–Crippen LogP) is -0.377. The Kier molecular flexibility index (Phi) is 4.87. The number of aliphatic hydroxyl groups is 3. The fourth-order valence-corrected chi connectivity index (χ4v) is 3.17. The smallest absolute Gasteiger partial charge is 0.249 e. The molecule has 5 N–H and O–H groups in total. The molecule has 3 rings (SSSR count). The van der Waals surface area contributed by atoms with Crippen LogP contribution in [0.15, 0.2) is 29.1 Å². The van der Waals surface area contributed by atoms with Crippen LogP contribution >= 0.6 is 0 Å². The van der Waals surface area contributed by atoms with Crippen LogP contribution in [-0.2, 0) is 4.74 Å². The number of pyridine rings is 1. The van der Waals surface area contributed by atoms with E-state index in [1.807, 2.05) is 0 Å². The van der Waals surface area contributed by atoms with E-state index in [1.165, 1.54) is 6.07 Å². The van der Waals surface area contributed by atoms with E-state index in [-0.39, 0.29) is 12.2 Å². The molecule has 0 amide bonds. The number of carbonyl (C=O) groups is 1. The van der Waals surface area contributed by atoms with Crippen molar-refractivity contribution in [3.05, 3.63) is 40.2 Å². The first-order valence-corrected chi connectivity index (χ1v) is 7.96. The molecule has 0 spiro atoms. The predicted molar refractivity (Wildman–Crippen MR) is 90.8 cm³/mol. The third-order valence-electron chi connectivity index (χ3n) is 4.51. The Morgan fingerprint density at radius 3 is 2.72 bits per heavy atom. The van der Waals surface area contributed by atoms with E-state index in [4.69, 9.17) is 4.74 Å². The number of benzene rings is 1. The highest BCUT2D eigenvalue weighted by molar-refractivity contribution is 5.97. The van der Waals surface area contributed by atoms with Gasteiger partial charge in [-0.25, -0.2) is 0 Å². The van der Waals surface area contributed by atoms with Crippen molar-refractivity contribution in [2.24, 2.45) is 0 Å². The van der Waals surface area contributed by atoms with Crippen molar-refractivity contribution in [1.82, 2.24) is 4.98 Å². The van der Waals surface area contributed by atoms with E-state index in [0.717, 1.165) is 0 Å². The highest BCUT2D eigenvalue weighted by Crippen LogP contribution is 2.26. The fourth-order valence-electron chi connectivity index (χ4n) is 3.17. The van der Waals surface area contributed by atoms with E-state index < -0.39 is 30.5 Å². The van der Waals surface area contributed by atoms with Crippen LogP contribution in [0.3, 0.4) is 0 Å². The number of hydrogen-bond donors (Lipinski definition) is 5. The second kappa shape index (κ2) is 6.93. The van der Waals surface area contributed by atoms with Gasteiger partial charge in [0.1, 0.15) is 18.3 Å². The fraction of sp³-hybridized carbons (Fsp3) is 0.412. The molecule has 8 heteroatoms. The second-order valence-electron chi connectivity index (χ2n) is 6.18. The first kappa shape index (κ1) is 17.6. The normalized spacial score (nSPS) is 29.5. The van der Waals surface area contributed by atoms with Crippen LogP contribution in [0.5, 0.6) is 0 Å². The number of rotatable bonds is 4. The molecule has 2 heterocycles. The Balaban J connectivity index is 1.90. The summed E-state index contributed by atoms with van der Waals surface area (Å²) >= 11 is 0. The Bertz CT molecular complexity index is 835. The van der Waals surface area contributed by atoms with Gasteiger partial charge in [-0.2, -0.15) is 0 Å². The maximum atomic E-state index is 11.6. The molecule has 25 heavy (non-hydrogen) atoms. The first-order valence-electron chi connectivity index (χ1n) is 7.96. The summed E-state index contributed by atoms with van der Waals surface area (Å²) in [5, 5.41) is 33.2. The lowest BCUT2D eigenvalue weighted by Crippen LogP contribution is -2.60. The number of carbonyl (C=O) groups excluding carboxylic acids is 1. The van der Waals surface area contributed by atoms with Gasteiger partial charge in [0.25, 0.3) is 0 Å². The Morgan fingerprint density at radius 2 is 2.04 bits per heavy atom. The molecule has 1 aromatic carbocycles. The zero-order valence-electron chi connectivity index (χ0n) is 13.5. The average molecular weight is 348 g/mol. The van der Waals surface area contributed by atoms with Crippen molar-refractivity contribution in [1.29, 1.82) is 0 Å². The number of aliphatic hydroxyl groups excluding tert-OH is 3. The standard InChI is InChI=1S/C17H20N2O6/c1-8-15(17(24)16(23)13(7-21)25-8)18-10-2-3-11-9(6-20)4-14(22)19-12(11)5-10/h2-6,8,13,15-18,21,23-24H,7H2,1H3,(H,19,22). The van der Waals surface area contributed by atoms with Crippen molar-refractivity contribution in [3.8, 4) is 0 Å². The minimum Gasteiger partial charge on any atom is -0.394 e. The Labute approximate surface area is 143 Å². The molecular formula is C17H20N2O6. The molecule has 5 unspecified atom stereocenters. The molecule has 2 aromatic rings. The lowest BCUT2D eigenvalue weighted by molar-refractivity contribution is -0.180. The number of aldehydes is 1. The van der Waals surface area contributed by atoms with Crippen molar-refractivity contribution >= 4 is 22.9 Å². The van der Waals surface area contributed by atoms with Crippen molar-refractivity contribution < 1.29 is 24.9 Å². The van der Waals surface area contributed by atoms with E-state index in [2.05, 4.69) is 10.3 Å². The minimum absolute atomic E-state index is 0.293. The lowest BCUT2D eigenvalue weighted by atomic mass is 9.93. The second-order valence-corrected chi connectivity index (χ2v) is 6.18. The summed E-state index contributed by atoms with van der Waals surface area (Å²) in [6, 6.07) is 5.65. The van der Waals surface area contributed by atoms with Gasteiger partial charge in [0.05, 0.1) is 24.3 Å². The molecule has 5 atom stereocenters. The first-order chi connectivity index (χ1) is 11.9. The van der Waals surface area contributed by atoms with Crippen LogP contribution < -0.4 is 10.9 Å². The summed E-state index contributed by atoms with van der Waals surface area (Å²) in [5.41, 5.74) is 0.968. The topological polar surface area (TPSA) is 132 Å². The van der Waals surface area contributed by atoms with Gasteiger partial charge in [0.15, 0.2) is 6.29 Å². The number of ether oxygens (including phenoxy) is 1. The highest BCUT2D eigenvalue weighted by Gasteiger charge is 2.42. The molecule has 1 aromatic heterocycles. The van der Waals surface area contributed by atoms with Crippen molar-refractivity contribution in [2.75, 3.05) is 11.9 Å². The number of nitrogens with one attached hydrogen (secondary N) is 2. The summed E-state index contributed by atoms with van der Waals surface area (Å²) in [7, 11) is 0. The zero-order valence-corrected chi connectivity index (χ0v) is 13.5. The highest BCUT2D eigenvalue weighted by atomic mass is 16.5. The van der Waals surface area contributed by atoms with E-state index in [0.29, 0.717) is 28.4 Å². The number of aromatic nitrogens is 1. The maximum Gasteiger partial charge on any atom is 0.249 e. The SMILES string of the molecule is CC1OC(CO)C(O)C(O)C1Nc1ccc2c(C=O)cc(=O)[nH]c2c1. The quantitative estimate of drug-likeness (QED) is 0.476. The Morgan fingerprint density at radius 1 is 1.28 bits per heavy atom. The summed E-state index contributed by atoms with van der Waals surface area (Å²) in [6.45, 7) is 1.34. The number of anilines is 1. The van der Waals surface area contributed by atoms with Gasteiger partial charge in [-0.05, 0) is 19.1 Å². The monoisotopic (exact) mass is 348 g/mol. The lowest BCUT2D eigenvalue weighted by Gasteiger charge is -2.41. The molecule has 134 valence electrons. The number of hydrogen-bond acceptors (Lipinski definition) is 7. The van der Waals surface area contributed by atoms with Crippen LogP contribution in [-0.4, -0.2) is 63.7 Å². The molecule has 0 bridgehead atoms. The Hall–Kier alpha value is -2.26. The van der Waals surface area contributed by atoms with Crippen LogP contribution in [0.25, 0.3) is 10.9 Å². The van der Waals surface area contributed by atoms with Crippen LogP contribution in [0.1, 0.15) is 17.3 Å². The minimum atomic E-state index is -1.22. The molecule has 0 radical (unpaired) electrons. The maximum absolute atomic E-state index is 11.6. The van der Waals surface area contributed by atoms with Gasteiger partial charge in [-0.1, -0.05) is 6.07 Å². The van der Waals surface area contributed by atoms with Crippen molar-refractivity contribution in [3.63, 3.8) is 0 Å². The molecule has 8 nitrogen and oxygen atoms in total. The van der Waals surface area contributed by atoms with E-state index in [9.17, 15) is 24.9 Å². The molecule has 1 aliphatic rings. The largest absolute Gasteiger partial charge is 0.394 e. The summed E-state index contributed by atoms with van der Waals surface area (Å²) in [6.07, 6.45) is -3.05. The van der Waals surface area contributed by atoms with Gasteiger partial charge < -0.3 is 30.4 Å². The van der Waals surface area contributed by atoms with Crippen LogP contribution in [0.2, 0.25) is 0 Å². The molecule has 0 saturated carbocycles. The van der Waals surface area contributed by atoms with E-state index >= 15 is 0 Å². The van der Waals surface area contributed by atoms with Crippen LogP contribution in [0, 0.1) is 0 Å². The molecule has 1 aliphatic heterocycles. The number of aromatic amines is 1. The van der Waals surface area contributed by atoms with E-state index in [1.54, 1.807) is 25.1 Å². The van der Waals surface area contributed by atoms with Crippen LogP contribution in [0.4, 0.5) is 5.69 Å². The number of fused-ring (bicyclic) bond motifs is 1. The third kappa shape index (κ3) is 3.29. The summed E-state index contributed by atoms with van der Waals surface area (Å²) < 4.78 is 5.52.